The highest BCUT2D eigenvalue weighted by molar-refractivity contribution is 5.51. The van der Waals surface area contributed by atoms with E-state index >= 15 is 0 Å². The van der Waals surface area contributed by atoms with Gasteiger partial charge in [-0.15, -0.1) is 0 Å². The first-order chi connectivity index (χ1) is 10.3. The monoisotopic (exact) mass is 286 g/mol. The van der Waals surface area contributed by atoms with Crippen LogP contribution < -0.4 is 5.32 Å². The second-order valence-corrected chi connectivity index (χ2v) is 5.18. The van der Waals surface area contributed by atoms with Crippen LogP contribution in [0.5, 0.6) is 0 Å². The Morgan fingerprint density at radius 1 is 1.14 bits per heavy atom. The van der Waals surface area contributed by atoms with Crippen LogP contribution in [0.2, 0.25) is 0 Å². The summed E-state index contributed by atoms with van der Waals surface area (Å²) >= 11 is 0. The lowest BCUT2D eigenvalue weighted by Crippen LogP contribution is -2.22. The minimum Gasteiger partial charge on any atom is -0.381 e. The zero-order chi connectivity index (χ0) is 15.1. The number of para-hydroxylation sites is 1. The molecule has 0 aliphatic carbocycles. The van der Waals surface area contributed by atoms with E-state index in [2.05, 4.69) is 66.5 Å². The molecule has 0 unspecified atom stereocenters. The van der Waals surface area contributed by atoms with Gasteiger partial charge in [-0.2, -0.15) is 5.10 Å². The highest BCUT2D eigenvalue weighted by atomic mass is 15.3. The minimum absolute atomic E-state index is 0.815. The van der Waals surface area contributed by atoms with Gasteiger partial charge in [0, 0.05) is 37.1 Å². The Hall–Kier alpha value is -1.81. The van der Waals surface area contributed by atoms with Gasteiger partial charge in [0.05, 0.1) is 6.20 Å². The van der Waals surface area contributed by atoms with Crippen LogP contribution in [-0.4, -0.2) is 27.8 Å². The second-order valence-electron chi connectivity index (χ2n) is 5.18. The van der Waals surface area contributed by atoms with Gasteiger partial charge in [-0.3, -0.25) is 9.58 Å². The Kier molecular flexibility index (Phi) is 5.81. The fourth-order valence-electron chi connectivity index (χ4n) is 2.39. The van der Waals surface area contributed by atoms with E-state index in [-0.39, 0.29) is 0 Å². The van der Waals surface area contributed by atoms with Crippen molar-refractivity contribution in [2.75, 3.05) is 18.4 Å². The van der Waals surface area contributed by atoms with E-state index in [1.54, 1.807) is 0 Å². The van der Waals surface area contributed by atoms with Gasteiger partial charge < -0.3 is 5.32 Å². The molecular formula is C17H26N4. The number of rotatable bonds is 8. The van der Waals surface area contributed by atoms with E-state index in [9.17, 15) is 0 Å². The first-order valence-electron chi connectivity index (χ1n) is 7.82. The third-order valence-corrected chi connectivity index (χ3v) is 3.80. The lowest BCUT2D eigenvalue weighted by atomic mass is 10.1. The smallest absolute Gasteiger partial charge is 0.0539 e. The second kappa shape index (κ2) is 7.84. The first kappa shape index (κ1) is 15.6. The maximum atomic E-state index is 4.31. The standard InChI is InChI=1S/C17H26N4/c1-4-20(5-2)14-16-9-7-8-10-17(16)18-11-15-12-19-21(6-3)13-15/h7-10,12-13,18H,4-6,11,14H2,1-3H3. The van der Waals surface area contributed by atoms with Crippen LogP contribution in [0, 0.1) is 0 Å². The molecule has 114 valence electrons. The lowest BCUT2D eigenvalue weighted by molar-refractivity contribution is 0.296. The van der Waals surface area contributed by atoms with Crippen molar-refractivity contribution in [3.8, 4) is 0 Å². The fraction of sp³-hybridized carbons (Fsp3) is 0.471. The molecule has 0 saturated heterocycles. The molecule has 0 aliphatic rings. The maximum Gasteiger partial charge on any atom is 0.0539 e. The SMILES string of the molecule is CCN(CC)Cc1ccccc1NCc1cnn(CC)c1. The van der Waals surface area contributed by atoms with Crippen LogP contribution in [0.15, 0.2) is 36.7 Å². The molecule has 0 bridgehead atoms. The molecule has 0 atom stereocenters. The zero-order valence-corrected chi connectivity index (χ0v) is 13.3. The third-order valence-electron chi connectivity index (χ3n) is 3.80. The molecule has 2 aromatic rings. The van der Waals surface area contributed by atoms with Crippen molar-refractivity contribution < 1.29 is 0 Å². The Morgan fingerprint density at radius 2 is 1.90 bits per heavy atom. The number of aromatic nitrogens is 2. The van der Waals surface area contributed by atoms with E-state index in [1.165, 1.54) is 16.8 Å². The number of hydrogen-bond acceptors (Lipinski definition) is 3. The number of nitrogens with zero attached hydrogens (tertiary/aromatic N) is 3. The summed E-state index contributed by atoms with van der Waals surface area (Å²) in [6.45, 7) is 11.4. The largest absolute Gasteiger partial charge is 0.381 e. The molecule has 0 amide bonds. The van der Waals surface area contributed by atoms with Crippen molar-refractivity contribution in [1.82, 2.24) is 14.7 Å². The van der Waals surface area contributed by atoms with E-state index in [0.29, 0.717) is 0 Å². The van der Waals surface area contributed by atoms with Crippen molar-refractivity contribution in [3.63, 3.8) is 0 Å². The molecule has 1 N–H and O–H groups in total. The molecule has 21 heavy (non-hydrogen) atoms. The van der Waals surface area contributed by atoms with Gasteiger partial charge in [-0.25, -0.2) is 0 Å². The molecule has 1 aromatic carbocycles. The van der Waals surface area contributed by atoms with Crippen molar-refractivity contribution in [2.24, 2.45) is 0 Å². The third kappa shape index (κ3) is 4.33. The first-order valence-corrected chi connectivity index (χ1v) is 7.82. The molecule has 1 heterocycles. The summed E-state index contributed by atoms with van der Waals surface area (Å²) in [5.74, 6) is 0. The molecule has 0 aliphatic heterocycles. The normalized spacial score (nSPS) is 11.0. The summed E-state index contributed by atoms with van der Waals surface area (Å²) in [5.41, 5.74) is 3.78. The van der Waals surface area contributed by atoms with Gasteiger partial charge in [0.15, 0.2) is 0 Å². The summed E-state index contributed by atoms with van der Waals surface area (Å²) in [5, 5.41) is 7.85. The van der Waals surface area contributed by atoms with Gasteiger partial charge in [0.25, 0.3) is 0 Å². The topological polar surface area (TPSA) is 33.1 Å². The van der Waals surface area contributed by atoms with Crippen LogP contribution in [0.4, 0.5) is 5.69 Å². The van der Waals surface area contributed by atoms with Crippen molar-refractivity contribution in [1.29, 1.82) is 0 Å². The predicted molar refractivity (Wildman–Crippen MR) is 88.3 cm³/mol. The van der Waals surface area contributed by atoms with Crippen molar-refractivity contribution in [3.05, 3.63) is 47.8 Å². The van der Waals surface area contributed by atoms with Crippen LogP contribution >= 0.6 is 0 Å². The zero-order valence-electron chi connectivity index (χ0n) is 13.3. The summed E-state index contributed by atoms with van der Waals surface area (Å²) < 4.78 is 1.96. The van der Waals surface area contributed by atoms with E-state index < -0.39 is 0 Å². The predicted octanol–water partition coefficient (Wildman–Crippen LogP) is 3.36. The molecule has 0 saturated carbocycles. The Morgan fingerprint density at radius 3 is 2.57 bits per heavy atom. The average molecular weight is 286 g/mol. The molecule has 0 spiro atoms. The number of nitrogens with one attached hydrogen (secondary N) is 1. The van der Waals surface area contributed by atoms with Gasteiger partial charge >= 0.3 is 0 Å². The summed E-state index contributed by atoms with van der Waals surface area (Å²) in [6, 6.07) is 8.56. The summed E-state index contributed by atoms with van der Waals surface area (Å²) in [4.78, 5) is 2.43. The Labute approximate surface area is 127 Å². The van der Waals surface area contributed by atoms with Crippen molar-refractivity contribution in [2.45, 2.75) is 40.4 Å². The highest BCUT2D eigenvalue weighted by Crippen LogP contribution is 2.18. The van der Waals surface area contributed by atoms with Gasteiger partial charge in [-0.1, -0.05) is 32.0 Å². The molecule has 0 fully saturated rings. The van der Waals surface area contributed by atoms with E-state index in [0.717, 1.165) is 32.7 Å². The van der Waals surface area contributed by atoms with Crippen molar-refractivity contribution >= 4 is 5.69 Å². The minimum atomic E-state index is 0.815. The quantitative estimate of drug-likeness (QED) is 0.808. The molecule has 4 nitrogen and oxygen atoms in total. The van der Waals surface area contributed by atoms with Gasteiger partial charge in [0.1, 0.15) is 0 Å². The van der Waals surface area contributed by atoms with E-state index in [4.69, 9.17) is 0 Å². The van der Waals surface area contributed by atoms with Crippen LogP contribution in [0.3, 0.4) is 0 Å². The lowest BCUT2D eigenvalue weighted by Gasteiger charge is -2.20. The Bertz CT molecular complexity index is 543. The fourth-order valence-corrected chi connectivity index (χ4v) is 2.39. The number of hydrogen-bond donors (Lipinski definition) is 1. The number of aryl methyl sites for hydroxylation is 1. The van der Waals surface area contributed by atoms with Crippen LogP contribution in [0.1, 0.15) is 31.9 Å². The molecule has 4 heteroatoms. The maximum absolute atomic E-state index is 4.31. The molecule has 0 radical (unpaired) electrons. The van der Waals surface area contributed by atoms with Gasteiger partial charge in [-0.05, 0) is 31.6 Å². The van der Waals surface area contributed by atoms with E-state index in [1.807, 2.05) is 10.9 Å². The summed E-state index contributed by atoms with van der Waals surface area (Å²) in [7, 11) is 0. The average Bonchev–Trinajstić information content (AvgIpc) is 2.99. The Balaban J connectivity index is 2.02. The van der Waals surface area contributed by atoms with Gasteiger partial charge in [0.2, 0.25) is 0 Å². The number of anilines is 1. The molecular weight excluding hydrogens is 260 g/mol. The highest BCUT2D eigenvalue weighted by Gasteiger charge is 2.06. The number of benzene rings is 1. The van der Waals surface area contributed by atoms with Crippen LogP contribution in [-0.2, 0) is 19.6 Å². The summed E-state index contributed by atoms with van der Waals surface area (Å²) in [6.07, 6.45) is 4.03. The molecule has 2 rings (SSSR count). The molecule has 1 aromatic heterocycles. The van der Waals surface area contributed by atoms with Crippen LogP contribution in [0.25, 0.3) is 0 Å².